The van der Waals surface area contributed by atoms with Gasteiger partial charge in [0.05, 0.1) is 8.45 Å². The summed E-state index contributed by atoms with van der Waals surface area (Å²) in [5.74, 6) is 0.800. The van der Waals surface area contributed by atoms with Crippen LogP contribution in [-0.4, -0.2) is 37.0 Å². The number of halogens is 1. The maximum atomic E-state index is 12.2. The molecule has 0 aromatic carbocycles. The highest BCUT2D eigenvalue weighted by molar-refractivity contribution is 14.1. The van der Waals surface area contributed by atoms with Crippen LogP contribution >= 0.6 is 33.9 Å². The summed E-state index contributed by atoms with van der Waals surface area (Å²) in [5, 5.41) is 5.08. The van der Waals surface area contributed by atoms with Crippen LogP contribution in [0.5, 0.6) is 0 Å². The number of hydrogen-bond donors (Lipinski definition) is 1. The molecule has 0 saturated heterocycles. The Bertz CT molecular complexity index is 474. The van der Waals surface area contributed by atoms with Crippen LogP contribution in [0, 0.1) is 8.80 Å². The van der Waals surface area contributed by atoms with Gasteiger partial charge in [0, 0.05) is 17.5 Å². The first-order valence-electron chi connectivity index (χ1n) is 7.13. The van der Waals surface area contributed by atoms with E-state index < -0.39 is 0 Å². The maximum absolute atomic E-state index is 12.2. The lowest BCUT2D eigenvalue weighted by molar-refractivity contribution is 0.0675. The molecule has 1 amide bonds. The molecule has 2 unspecified atom stereocenters. The van der Waals surface area contributed by atoms with Gasteiger partial charge in [-0.1, -0.05) is 19.8 Å². The van der Waals surface area contributed by atoms with Crippen molar-refractivity contribution in [3.63, 3.8) is 0 Å². The van der Waals surface area contributed by atoms with E-state index in [2.05, 4.69) is 53.8 Å². The number of likely N-dealkylation sites (N-methyl/N-ethyl adjacent to an activating group) is 1. The molecule has 2 rings (SSSR count). The summed E-state index contributed by atoms with van der Waals surface area (Å²) in [6.45, 7) is 3.07. The van der Waals surface area contributed by atoms with Crippen molar-refractivity contribution in [2.45, 2.75) is 38.1 Å². The van der Waals surface area contributed by atoms with Crippen molar-refractivity contribution in [1.82, 2.24) is 10.2 Å². The molecule has 1 aliphatic carbocycles. The Morgan fingerprint density at radius 3 is 2.90 bits per heavy atom. The number of hydrogen-bond acceptors (Lipinski definition) is 3. The van der Waals surface area contributed by atoms with E-state index in [1.54, 1.807) is 11.3 Å². The standard InChI is InChI=1S/C15H23IN2OS/c1-11-5-4-6-15(8-11,18(2)3)10-17-14(19)12-7-13(16)20-9-12/h7,9,11H,4-6,8,10H2,1-3H3,(H,17,19). The highest BCUT2D eigenvalue weighted by Gasteiger charge is 2.37. The molecule has 20 heavy (non-hydrogen) atoms. The second-order valence-corrected chi connectivity index (χ2v) is 8.95. The summed E-state index contributed by atoms with van der Waals surface area (Å²) >= 11 is 3.87. The Morgan fingerprint density at radius 2 is 2.35 bits per heavy atom. The molecule has 0 radical (unpaired) electrons. The summed E-state index contributed by atoms with van der Waals surface area (Å²) in [6, 6.07) is 1.95. The molecular formula is C15H23IN2OS. The number of carbonyl (C=O) groups excluding carboxylic acids is 1. The van der Waals surface area contributed by atoms with Crippen molar-refractivity contribution in [3.05, 3.63) is 19.9 Å². The van der Waals surface area contributed by atoms with E-state index in [-0.39, 0.29) is 11.4 Å². The van der Waals surface area contributed by atoms with Crippen LogP contribution in [0.3, 0.4) is 0 Å². The van der Waals surface area contributed by atoms with Gasteiger partial charge in [0.15, 0.2) is 0 Å². The number of thiophene rings is 1. The van der Waals surface area contributed by atoms with Crippen LogP contribution in [0.15, 0.2) is 11.4 Å². The van der Waals surface area contributed by atoms with Gasteiger partial charge in [-0.05, 0) is 61.5 Å². The van der Waals surface area contributed by atoms with Gasteiger partial charge in [-0.15, -0.1) is 11.3 Å². The predicted molar refractivity (Wildman–Crippen MR) is 93.4 cm³/mol. The Morgan fingerprint density at radius 1 is 1.60 bits per heavy atom. The van der Waals surface area contributed by atoms with E-state index >= 15 is 0 Å². The molecule has 1 aromatic heterocycles. The Balaban J connectivity index is 2.00. The second kappa shape index (κ2) is 6.75. The largest absolute Gasteiger partial charge is 0.350 e. The van der Waals surface area contributed by atoms with Crippen molar-refractivity contribution < 1.29 is 4.79 Å². The summed E-state index contributed by atoms with van der Waals surface area (Å²) < 4.78 is 1.15. The fourth-order valence-electron chi connectivity index (χ4n) is 3.13. The average Bonchev–Trinajstić information content (AvgIpc) is 2.82. The molecule has 3 nitrogen and oxygen atoms in total. The van der Waals surface area contributed by atoms with Crippen LogP contribution in [0.1, 0.15) is 43.0 Å². The molecule has 1 heterocycles. The summed E-state index contributed by atoms with van der Waals surface area (Å²) in [6.07, 6.45) is 4.91. The molecular weight excluding hydrogens is 383 g/mol. The first kappa shape index (κ1) is 16.2. The number of carbonyl (C=O) groups is 1. The number of nitrogens with zero attached hydrogens (tertiary/aromatic N) is 1. The molecule has 2 atom stereocenters. The molecule has 0 aliphatic heterocycles. The van der Waals surface area contributed by atoms with Crippen LogP contribution in [0.2, 0.25) is 0 Å². The minimum absolute atomic E-state index is 0.0589. The highest BCUT2D eigenvalue weighted by atomic mass is 127. The number of nitrogens with one attached hydrogen (secondary N) is 1. The van der Waals surface area contributed by atoms with E-state index in [9.17, 15) is 4.79 Å². The molecule has 0 spiro atoms. The van der Waals surface area contributed by atoms with E-state index in [0.717, 1.165) is 20.9 Å². The fourth-order valence-corrected chi connectivity index (χ4v) is 4.46. The minimum atomic E-state index is 0.0589. The molecule has 112 valence electrons. The zero-order valence-corrected chi connectivity index (χ0v) is 15.4. The molecule has 1 fully saturated rings. The first-order chi connectivity index (χ1) is 9.43. The summed E-state index contributed by atoms with van der Waals surface area (Å²) in [5.41, 5.74) is 0.911. The molecule has 0 bridgehead atoms. The van der Waals surface area contributed by atoms with E-state index in [0.29, 0.717) is 0 Å². The predicted octanol–water partition coefficient (Wildman–Crippen LogP) is 3.59. The monoisotopic (exact) mass is 406 g/mol. The van der Waals surface area contributed by atoms with Crippen molar-refractivity contribution in [3.8, 4) is 0 Å². The maximum Gasteiger partial charge on any atom is 0.252 e. The lowest BCUT2D eigenvalue weighted by Crippen LogP contribution is -2.55. The molecule has 1 N–H and O–H groups in total. The molecule has 1 aliphatic rings. The Hall–Kier alpha value is -0.140. The van der Waals surface area contributed by atoms with Crippen molar-refractivity contribution >= 4 is 39.8 Å². The van der Waals surface area contributed by atoms with Crippen molar-refractivity contribution in [2.75, 3.05) is 20.6 Å². The second-order valence-electron chi connectivity index (χ2n) is 6.14. The van der Waals surface area contributed by atoms with Crippen LogP contribution in [0.4, 0.5) is 0 Å². The topological polar surface area (TPSA) is 32.3 Å². The fraction of sp³-hybridized carbons (Fsp3) is 0.667. The lowest BCUT2D eigenvalue weighted by atomic mass is 9.75. The third kappa shape index (κ3) is 3.74. The third-order valence-corrected chi connectivity index (χ3v) is 6.21. The van der Waals surface area contributed by atoms with Gasteiger partial charge in [0.25, 0.3) is 5.91 Å². The third-order valence-electron chi connectivity index (χ3n) is 4.42. The van der Waals surface area contributed by atoms with E-state index in [4.69, 9.17) is 0 Å². The van der Waals surface area contributed by atoms with Gasteiger partial charge in [-0.25, -0.2) is 0 Å². The quantitative estimate of drug-likeness (QED) is 0.776. The smallest absolute Gasteiger partial charge is 0.252 e. The van der Waals surface area contributed by atoms with Gasteiger partial charge >= 0.3 is 0 Å². The average molecular weight is 406 g/mol. The van der Waals surface area contributed by atoms with E-state index in [1.165, 1.54) is 25.7 Å². The Kier molecular flexibility index (Phi) is 5.48. The van der Waals surface area contributed by atoms with Crippen molar-refractivity contribution in [2.24, 2.45) is 5.92 Å². The normalized spacial score (nSPS) is 26.8. The Labute approximate surface area is 139 Å². The molecule has 5 heteroatoms. The van der Waals surface area contributed by atoms with Gasteiger partial charge in [-0.3, -0.25) is 4.79 Å². The van der Waals surface area contributed by atoms with Crippen LogP contribution < -0.4 is 5.32 Å². The minimum Gasteiger partial charge on any atom is -0.350 e. The lowest BCUT2D eigenvalue weighted by Gasteiger charge is -2.45. The van der Waals surface area contributed by atoms with Gasteiger partial charge in [0.1, 0.15) is 0 Å². The van der Waals surface area contributed by atoms with Gasteiger partial charge in [0.2, 0.25) is 0 Å². The van der Waals surface area contributed by atoms with Crippen LogP contribution in [-0.2, 0) is 0 Å². The molecule has 1 aromatic rings. The SMILES string of the molecule is CC1CCCC(CNC(=O)c2csc(I)c2)(N(C)C)C1. The van der Waals surface area contributed by atoms with Crippen LogP contribution in [0.25, 0.3) is 0 Å². The first-order valence-corrected chi connectivity index (χ1v) is 9.08. The number of rotatable bonds is 4. The van der Waals surface area contributed by atoms with Crippen molar-refractivity contribution in [1.29, 1.82) is 0 Å². The summed E-state index contributed by atoms with van der Waals surface area (Å²) in [7, 11) is 4.27. The van der Waals surface area contributed by atoms with E-state index in [1.807, 2.05) is 11.4 Å². The van der Waals surface area contributed by atoms with Gasteiger partial charge in [-0.2, -0.15) is 0 Å². The van der Waals surface area contributed by atoms with Gasteiger partial charge < -0.3 is 10.2 Å². The number of amides is 1. The zero-order chi connectivity index (χ0) is 14.8. The highest BCUT2D eigenvalue weighted by Crippen LogP contribution is 2.35. The summed E-state index contributed by atoms with van der Waals surface area (Å²) in [4.78, 5) is 14.5. The zero-order valence-electron chi connectivity index (χ0n) is 12.4. The molecule has 1 saturated carbocycles.